The number of benzene rings is 1. The Morgan fingerprint density at radius 2 is 1.85 bits per heavy atom. The first-order chi connectivity index (χ1) is 16.6. The lowest BCUT2D eigenvalue weighted by molar-refractivity contribution is -0.113. The Bertz CT molecular complexity index is 1270. The second-order valence-corrected chi connectivity index (χ2v) is 8.65. The third kappa shape index (κ3) is 5.26. The van der Waals surface area contributed by atoms with Crippen molar-refractivity contribution in [2.24, 2.45) is 0 Å². The molecule has 0 aliphatic rings. The molecule has 1 amide bonds. The Balaban J connectivity index is 1.55. The molecule has 3 heterocycles. The summed E-state index contributed by atoms with van der Waals surface area (Å²) in [5.74, 6) is 0.688. The number of nitrogens with zero attached hydrogens (tertiary/aromatic N) is 4. The number of thioether (sulfide) groups is 1. The van der Waals surface area contributed by atoms with Crippen LogP contribution in [-0.2, 0) is 9.53 Å². The van der Waals surface area contributed by atoms with Gasteiger partial charge in [-0.2, -0.15) is 0 Å². The molecule has 0 aliphatic carbocycles. The first-order valence-corrected chi connectivity index (χ1v) is 12.1. The number of nitrogens with one attached hydrogen (secondary N) is 1. The normalized spacial score (nSPS) is 10.6. The lowest BCUT2D eigenvalue weighted by Crippen LogP contribution is -2.16. The number of anilines is 1. The number of carbonyl (C=O) groups is 2. The van der Waals surface area contributed by atoms with Gasteiger partial charge in [0.1, 0.15) is 10.8 Å². The van der Waals surface area contributed by atoms with E-state index in [9.17, 15) is 9.59 Å². The summed E-state index contributed by atoms with van der Waals surface area (Å²) in [6, 6.07) is 12.8. The van der Waals surface area contributed by atoms with E-state index in [4.69, 9.17) is 9.47 Å². The van der Waals surface area contributed by atoms with Crippen LogP contribution >= 0.6 is 23.1 Å². The minimum absolute atomic E-state index is 0.0742. The Morgan fingerprint density at radius 3 is 2.56 bits per heavy atom. The summed E-state index contributed by atoms with van der Waals surface area (Å²) in [5.41, 5.74) is 2.00. The Kier molecular flexibility index (Phi) is 7.55. The molecule has 11 heteroatoms. The van der Waals surface area contributed by atoms with Crippen molar-refractivity contribution in [1.82, 2.24) is 19.7 Å². The zero-order valence-corrected chi connectivity index (χ0v) is 20.1. The predicted molar refractivity (Wildman–Crippen MR) is 131 cm³/mol. The third-order valence-corrected chi connectivity index (χ3v) is 6.41. The number of pyridine rings is 1. The number of amides is 1. The summed E-state index contributed by atoms with van der Waals surface area (Å²) in [6.07, 6.45) is 3.37. The summed E-state index contributed by atoms with van der Waals surface area (Å²) in [7, 11) is 1.61. The molecule has 3 aromatic heterocycles. The molecule has 0 bridgehead atoms. The molecule has 1 N–H and O–H groups in total. The van der Waals surface area contributed by atoms with Crippen LogP contribution in [0.4, 0.5) is 5.00 Å². The lowest BCUT2D eigenvalue weighted by Gasteiger charge is -2.11. The van der Waals surface area contributed by atoms with Crippen LogP contribution in [0, 0.1) is 0 Å². The molecule has 174 valence electrons. The Morgan fingerprint density at radius 1 is 1.09 bits per heavy atom. The SMILES string of the molecule is CCOC(=O)c1ccsc1NC(=O)CSc1nnc(-c2ccncc2)n1-c1ccc(OC)cc1. The maximum atomic E-state index is 12.7. The molecule has 34 heavy (non-hydrogen) atoms. The van der Waals surface area contributed by atoms with Crippen LogP contribution < -0.4 is 10.1 Å². The summed E-state index contributed by atoms with van der Waals surface area (Å²) in [4.78, 5) is 28.8. The van der Waals surface area contributed by atoms with Gasteiger partial charge in [0.15, 0.2) is 11.0 Å². The second kappa shape index (κ2) is 10.9. The van der Waals surface area contributed by atoms with Crippen molar-refractivity contribution in [3.05, 3.63) is 65.8 Å². The Hall–Kier alpha value is -3.70. The molecular weight excluding hydrogens is 474 g/mol. The van der Waals surface area contributed by atoms with E-state index in [0.29, 0.717) is 21.5 Å². The highest BCUT2D eigenvalue weighted by molar-refractivity contribution is 7.99. The molecule has 4 rings (SSSR count). The molecule has 9 nitrogen and oxygen atoms in total. The molecule has 0 saturated carbocycles. The van der Waals surface area contributed by atoms with Crippen LogP contribution in [0.15, 0.2) is 65.4 Å². The minimum Gasteiger partial charge on any atom is -0.497 e. The van der Waals surface area contributed by atoms with Crippen molar-refractivity contribution >= 4 is 40.0 Å². The van der Waals surface area contributed by atoms with E-state index in [1.807, 2.05) is 41.0 Å². The van der Waals surface area contributed by atoms with Crippen LogP contribution in [0.5, 0.6) is 5.75 Å². The molecule has 1 aromatic carbocycles. The number of methoxy groups -OCH3 is 1. The smallest absolute Gasteiger partial charge is 0.341 e. The average molecular weight is 496 g/mol. The number of rotatable bonds is 9. The first-order valence-electron chi connectivity index (χ1n) is 10.3. The van der Waals surface area contributed by atoms with Crippen molar-refractivity contribution in [1.29, 1.82) is 0 Å². The average Bonchev–Trinajstić information content (AvgIpc) is 3.50. The molecule has 0 unspecified atom stereocenters. The van der Waals surface area contributed by atoms with E-state index < -0.39 is 5.97 Å². The van der Waals surface area contributed by atoms with E-state index >= 15 is 0 Å². The number of thiophene rings is 1. The van der Waals surface area contributed by atoms with Gasteiger partial charge < -0.3 is 14.8 Å². The molecule has 0 atom stereocenters. The summed E-state index contributed by atoms with van der Waals surface area (Å²) in [6.45, 7) is 2.00. The minimum atomic E-state index is -0.465. The third-order valence-electron chi connectivity index (χ3n) is 4.65. The van der Waals surface area contributed by atoms with E-state index in [1.54, 1.807) is 37.9 Å². The van der Waals surface area contributed by atoms with Gasteiger partial charge in [-0.3, -0.25) is 14.3 Å². The summed E-state index contributed by atoms with van der Waals surface area (Å²) in [5, 5.41) is 14.2. The second-order valence-electron chi connectivity index (χ2n) is 6.80. The molecule has 0 fully saturated rings. The van der Waals surface area contributed by atoms with E-state index in [1.165, 1.54) is 23.1 Å². The van der Waals surface area contributed by atoms with Crippen LogP contribution in [0.3, 0.4) is 0 Å². The van der Waals surface area contributed by atoms with Crippen molar-refractivity contribution in [3.63, 3.8) is 0 Å². The van der Waals surface area contributed by atoms with Crippen LogP contribution in [-0.4, -0.2) is 51.1 Å². The predicted octanol–water partition coefficient (Wildman–Crippen LogP) is 4.31. The highest BCUT2D eigenvalue weighted by Crippen LogP contribution is 2.29. The highest BCUT2D eigenvalue weighted by atomic mass is 32.2. The van der Waals surface area contributed by atoms with E-state index in [2.05, 4.69) is 20.5 Å². The number of ether oxygens (including phenoxy) is 2. The number of aromatic nitrogens is 4. The molecule has 0 aliphatic heterocycles. The lowest BCUT2D eigenvalue weighted by atomic mass is 10.2. The van der Waals surface area contributed by atoms with Gasteiger partial charge in [-0.25, -0.2) is 4.79 Å². The number of hydrogen-bond donors (Lipinski definition) is 1. The van der Waals surface area contributed by atoms with Crippen LogP contribution in [0.25, 0.3) is 17.1 Å². The fraction of sp³-hybridized carbons (Fsp3) is 0.174. The van der Waals surface area contributed by atoms with Gasteiger partial charge in [0.05, 0.1) is 25.0 Å². The molecule has 0 radical (unpaired) electrons. The fourth-order valence-corrected chi connectivity index (χ4v) is 4.63. The van der Waals surface area contributed by atoms with Gasteiger partial charge >= 0.3 is 5.97 Å². The fourth-order valence-electron chi connectivity index (χ4n) is 3.08. The first kappa shape index (κ1) is 23.5. The maximum absolute atomic E-state index is 12.7. The number of esters is 1. The van der Waals surface area contributed by atoms with Crippen LogP contribution in [0.2, 0.25) is 0 Å². The summed E-state index contributed by atoms with van der Waals surface area (Å²) >= 11 is 2.51. The van der Waals surface area contributed by atoms with E-state index in [-0.39, 0.29) is 18.3 Å². The quantitative estimate of drug-likeness (QED) is 0.270. The monoisotopic (exact) mass is 495 g/mol. The zero-order chi connectivity index (χ0) is 23.9. The largest absolute Gasteiger partial charge is 0.497 e. The molecular formula is C23H21N5O4S2. The van der Waals surface area contributed by atoms with Crippen molar-refractivity contribution in [2.75, 3.05) is 24.8 Å². The van der Waals surface area contributed by atoms with Crippen molar-refractivity contribution in [2.45, 2.75) is 12.1 Å². The highest BCUT2D eigenvalue weighted by Gasteiger charge is 2.19. The van der Waals surface area contributed by atoms with E-state index in [0.717, 1.165) is 17.0 Å². The van der Waals surface area contributed by atoms with Gasteiger partial charge in [0.25, 0.3) is 0 Å². The molecule has 0 spiro atoms. The van der Waals surface area contributed by atoms with Gasteiger partial charge in [0, 0.05) is 23.6 Å². The maximum Gasteiger partial charge on any atom is 0.341 e. The number of carbonyl (C=O) groups excluding carboxylic acids is 2. The van der Waals surface area contributed by atoms with Crippen LogP contribution in [0.1, 0.15) is 17.3 Å². The van der Waals surface area contributed by atoms with Gasteiger partial charge in [-0.1, -0.05) is 11.8 Å². The molecule has 4 aromatic rings. The van der Waals surface area contributed by atoms with Gasteiger partial charge in [0.2, 0.25) is 5.91 Å². The zero-order valence-electron chi connectivity index (χ0n) is 18.4. The summed E-state index contributed by atoms with van der Waals surface area (Å²) < 4.78 is 12.2. The standard InChI is InChI=1S/C23H21N5O4S2/c1-3-32-22(30)18-10-13-33-21(18)25-19(29)14-34-23-27-26-20(15-8-11-24-12-9-15)28(23)16-4-6-17(31-2)7-5-16/h4-13H,3,14H2,1-2H3,(H,25,29). The Labute approximate surface area is 204 Å². The van der Waals surface area contributed by atoms with Crippen molar-refractivity contribution < 1.29 is 19.1 Å². The van der Waals surface area contributed by atoms with Gasteiger partial charge in [-0.05, 0) is 54.8 Å². The van der Waals surface area contributed by atoms with Crippen molar-refractivity contribution in [3.8, 4) is 22.8 Å². The molecule has 0 saturated heterocycles. The topological polar surface area (TPSA) is 108 Å². The van der Waals surface area contributed by atoms with Gasteiger partial charge in [-0.15, -0.1) is 21.5 Å². The number of hydrogen-bond acceptors (Lipinski definition) is 9.